The fourth-order valence-corrected chi connectivity index (χ4v) is 2.43. The molecule has 1 aliphatic rings. The Kier molecular flexibility index (Phi) is 3.77. The maximum atomic E-state index is 11.0. The highest BCUT2D eigenvalue weighted by atomic mass is 35.5. The van der Waals surface area contributed by atoms with Gasteiger partial charge < -0.3 is 14.9 Å². The monoisotopic (exact) mass is 290 g/mol. The smallest absolute Gasteiger partial charge is 0.407 e. The van der Waals surface area contributed by atoms with Gasteiger partial charge in [0.15, 0.2) is 5.15 Å². The topological polar surface area (TPSA) is 69.6 Å². The molecular formula is C10H12Cl2N4O2. The summed E-state index contributed by atoms with van der Waals surface area (Å²) >= 11 is 11.6. The summed E-state index contributed by atoms with van der Waals surface area (Å²) in [7, 11) is 0. The third-order valence-corrected chi connectivity index (χ3v) is 3.37. The van der Waals surface area contributed by atoms with Crippen LogP contribution in [-0.2, 0) is 0 Å². The summed E-state index contributed by atoms with van der Waals surface area (Å²) in [6.07, 6.45) is 0.654. The van der Waals surface area contributed by atoms with E-state index < -0.39 is 6.09 Å². The first-order chi connectivity index (χ1) is 8.49. The SMILES string of the molecule is C[C@@H]1CN(c2cnc(Cl)nc2Cl)CCN1C(=O)O. The molecule has 1 aromatic heterocycles. The number of aromatic nitrogens is 2. The van der Waals surface area contributed by atoms with Crippen LogP contribution in [0.15, 0.2) is 6.20 Å². The maximum Gasteiger partial charge on any atom is 0.407 e. The van der Waals surface area contributed by atoms with Crippen LogP contribution in [0.2, 0.25) is 10.4 Å². The Labute approximate surface area is 114 Å². The number of nitrogens with zero attached hydrogens (tertiary/aromatic N) is 4. The summed E-state index contributed by atoms with van der Waals surface area (Å²) < 4.78 is 0. The van der Waals surface area contributed by atoms with Gasteiger partial charge in [-0.15, -0.1) is 0 Å². The zero-order valence-corrected chi connectivity index (χ0v) is 11.2. The van der Waals surface area contributed by atoms with Crippen LogP contribution in [0.1, 0.15) is 6.92 Å². The lowest BCUT2D eigenvalue weighted by molar-refractivity contribution is 0.122. The molecule has 0 aliphatic carbocycles. The van der Waals surface area contributed by atoms with Gasteiger partial charge in [0.2, 0.25) is 5.28 Å². The molecule has 6 nitrogen and oxygen atoms in total. The van der Waals surface area contributed by atoms with Crippen LogP contribution in [0.5, 0.6) is 0 Å². The molecule has 0 unspecified atom stereocenters. The van der Waals surface area contributed by atoms with E-state index in [0.717, 1.165) is 0 Å². The Bertz CT molecular complexity index is 471. The number of halogens is 2. The van der Waals surface area contributed by atoms with Crippen LogP contribution in [-0.4, -0.2) is 51.7 Å². The van der Waals surface area contributed by atoms with E-state index in [1.807, 2.05) is 11.8 Å². The fourth-order valence-electron chi connectivity index (χ4n) is 2.01. The average molecular weight is 291 g/mol. The molecule has 1 saturated heterocycles. The molecule has 1 N–H and O–H groups in total. The normalized spacial score (nSPS) is 20.1. The van der Waals surface area contributed by atoms with Crippen molar-refractivity contribution in [2.45, 2.75) is 13.0 Å². The molecular weight excluding hydrogens is 279 g/mol. The van der Waals surface area contributed by atoms with Gasteiger partial charge >= 0.3 is 6.09 Å². The van der Waals surface area contributed by atoms with Crippen LogP contribution in [0, 0.1) is 0 Å². The van der Waals surface area contributed by atoms with Crippen molar-refractivity contribution in [2.24, 2.45) is 0 Å². The van der Waals surface area contributed by atoms with E-state index in [1.54, 1.807) is 6.20 Å². The summed E-state index contributed by atoms with van der Waals surface area (Å²) in [6, 6.07) is -0.108. The predicted molar refractivity (Wildman–Crippen MR) is 68.5 cm³/mol. The number of hydrogen-bond acceptors (Lipinski definition) is 4. The van der Waals surface area contributed by atoms with Crippen molar-refractivity contribution in [1.29, 1.82) is 0 Å². The molecule has 0 bridgehead atoms. The van der Waals surface area contributed by atoms with Gasteiger partial charge in [-0.2, -0.15) is 0 Å². The molecule has 18 heavy (non-hydrogen) atoms. The molecule has 1 amide bonds. The average Bonchev–Trinajstić information content (AvgIpc) is 2.28. The summed E-state index contributed by atoms with van der Waals surface area (Å²) in [5, 5.41) is 9.38. The van der Waals surface area contributed by atoms with Crippen molar-refractivity contribution in [2.75, 3.05) is 24.5 Å². The Hall–Kier alpha value is -1.27. The number of piperazine rings is 1. The van der Waals surface area contributed by atoms with Crippen molar-refractivity contribution < 1.29 is 9.90 Å². The molecule has 0 spiro atoms. The molecule has 1 fully saturated rings. The first-order valence-electron chi connectivity index (χ1n) is 5.41. The summed E-state index contributed by atoms with van der Waals surface area (Å²) in [6.45, 7) is 3.39. The third kappa shape index (κ3) is 2.59. The van der Waals surface area contributed by atoms with Crippen LogP contribution >= 0.6 is 23.2 Å². The van der Waals surface area contributed by atoms with Crippen LogP contribution in [0.4, 0.5) is 10.5 Å². The van der Waals surface area contributed by atoms with Crippen LogP contribution < -0.4 is 4.90 Å². The lowest BCUT2D eigenvalue weighted by atomic mass is 10.2. The number of amides is 1. The van der Waals surface area contributed by atoms with Crippen molar-refractivity contribution in [3.8, 4) is 0 Å². The largest absolute Gasteiger partial charge is 0.465 e. The predicted octanol–water partition coefficient (Wildman–Crippen LogP) is 1.97. The molecule has 1 aromatic rings. The van der Waals surface area contributed by atoms with Crippen molar-refractivity contribution in [3.63, 3.8) is 0 Å². The first kappa shape index (κ1) is 13.2. The molecule has 0 radical (unpaired) electrons. The lowest BCUT2D eigenvalue weighted by Crippen LogP contribution is -2.53. The molecule has 1 aliphatic heterocycles. The van der Waals surface area contributed by atoms with Crippen molar-refractivity contribution >= 4 is 35.0 Å². The second-order valence-electron chi connectivity index (χ2n) is 4.09. The van der Waals surface area contributed by atoms with E-state index in [1.165, 1.54) is 4.90 Å². The first-order valence-corrected chi connectivity index (χ1v) is 6.17. The van der Waals surface area contributed by atoms with E-state index in [0.29, 0.717) is 25.3 Å². The second-order valence-corrected chi connectivity index (χ2v) is 4.78. The number of carboxylic acid groups (broad SMARTS) is 1. The number of carbonyl (C=O) groups is 1. The molecule has 98 valence electrons. The zero-order chi connectivity index (χ0) is 13.3. The highest BCUT2D eigenvalue weighted by Gasteiger charge is 2.28. The minimum absolute atomic E-state index is 0.0981. The Morgan fingerprint density at radius 2 is 2.22 bits per heavy atom. The maximum absolute atomic E-state index is 11.0. The molecule has 2 rings (SSSR count). The van der Waals surface area contributed by atoms with E-state index in [-0.39, 0.29) is 16.5 Å². The van der Waals surface area contributed by atoms with Crippen molar-refractivity contribution in [3.05, 3.63) is 16.6 Å². The highest BCUT2D eigenvalue weighted by Crippen LogP contribution is 2.26. The molecule has 1 atom stereocenters. The Balaban J connectivity index is 2.15. The molecule has 0 saturated carbocycles. The number of anilines is 1. The minimum atomic E-state index is -0.902. The molecule has 2 heterocycles. The lowest BCUT2D eigenvalue weighted by Gasteiger charge is -2.39. The van der Waals surface area contributed by atoms with Gasteiger partial charge in [0.25, 0.3) is 0 Å². The Morgan fingerprint density at radius 3 is 2.78 bits per heavy atom. The number of hydrogen-bond donors (Lipinski definition) is 1. The van der Waals surface area contributed by atoms with Crippen molar-refractivity contribution in [1.82, 2.24) is 14.9 Å². The Morgan fingerprint density at radius 1 is 1.50 bits per heavy atom. The third-order valence-electron chi connectivity index (χ3n) is 2.91. The van der Waals surface area contributed by atoms with E-state index >= 15 is 0 Å². The van der Waals surface area contributed by atoms with Gasteiger partial charge in [-0.25, -0.2) is 14.8 Å². The van der Waals surface area contributed by atoms with Gasteiger partial charge in [-0.3, -0.25) is 0 Å². The van der Waals surface area contributed by atoms with Gasteiger partial charge in [0.05, 0.1) is 11.9 Å². The molecule has 0 aromatic carbocycles. The van der Waals surface area contributed by atoms with Gasteiger partial charge in [0, 0.05) is 25.7 Å². The molecule has 8 heteroatoms. The van der Waals surface area contributed by atoms with Gasteiger partial charge in [0.1, 0.15) is 0 Å². The standard InChI is InChI=1S/C10H12Cl2N4O2/c1-6-5-15(2-3-16(6)10(17)18)7-4-13-9(12)14-8(7)11/h4,6H,2-3,5H2,1H3,(H,17,18)/t6-/m1/s1. The number of rotatable bonds is 1. The summed E-state index contributed by atoms with van der Waals surface area (Å²) in [5.41, 5.74) is 0.679. The van der Waals surface area contributed by atoms with E-state index in [9.17, 15) is 4.79 Å². The summed E-state index contributed by atoms with van der Waals surface area (Å²) in [5.74, 6) is 0. The van der Waals surface area contributed by atoms with Crippen LogP contribution in [0.25, 0.3) is 0 Å². The fraction of sp³-hybridized carbons (Fsp3) is 0.500. The quantitative estimate of drug-likeness (QED) is 0.633. The van der Waals surface area contributed by atoms with Gasteiger partial charge in [-0.1, -0.05) is 11.6 Å². The summed E-state index contributed by atoms with van der Waals surface area (Å²) in [4.78, 5) is 22.1. The van der Waals surface area contributed by atoms with Crippen LogP contribution in [0.3, 0.4) is 0 Å². The second kappa shape index (κ2) is 5.16. The zero-order valence-electron chi connectivity index (χ0n) is 9.68. The van der Waals surface area contributed by atoms with E-state index in [4.69, 9.17) is 28.3 Å². The highest BCUT2D eigenvalue weighted by molar-refractivity contribution is 6.33. The van der Waals surface area contributed by atoms with E-state index in [2.05, 4.69) is 9.97 Å². The van der Waals surface area contributed by atoms with Gasteiger partial charge in [-0.05, 0) is 18.5 Å². The minimum Gasteiger partial charge on any atom is -0.465 e.